The van der Waals surface area contributed by atoms with E-state index in [9.17, 15) is 0 Å². The lowest BCUT2D eigenvalue weighted by atomic mass is 9.92. The van der Waals surface area contributed by atoms with Crippen LogP contribution in [0.15, 0.2) is 18.2 Å². The molecule has 0 radical (unpaired) electrons. The highest BCUT2D eigenvalue weighted by Crippen LogP contribution is 2.42. The van der Waals surface area contributed by atoms with Gasteiger partial charge in [-0.05, 0) is 36.5 Å². The molecule has 0 saturated heterocycles. The van der Waals surface area contributed by atoms with E-state index in [0.717, 1.165) is 37.1 Å². The Morgan fingerprint density at radius 2 is 1.60 bits per heavy atom. The molecule has 20 heavy (non-hydrogen) atoms. The molecule has 3 heteroatoms. The third kappa shape index (κ3) is 3.30. The van der Waals surface area contributed by atoms with Crippen LogP contribution < -0.4 is 9.47 Å². The van der Waals surface area contributed by atoms with Crippen LogP contribution in [0.3, 0.4) is 0 Å². The predicted octanol–water partition coefficient (Wildman–Crippen LogP) is 5.25. The highest BCUT2D eigenvalue weighted by Gasteiger charge is 2.23. The molecule has 2 nitrogen and oxygen atoms in total. The highest BCUT2D eigenvalue weighted by molar-refractivity contribution is 9.09. The van der Waals surface area contributed by atoms with Crippen LogP contribution in [-0.2, 0) is 0 Å². The molecule has 1 saturated carbocycles. The minimum atomic E-state index is 0.442. The molecule has 0 bridgehead atoms. The van der Waals surface area contributed by atoms with Crippen molar-refractivity contribution < 1.29 is 9.47 Å². The molecule has 1 fully saturated rings. The standard InChI is InChI=1S/C17H23BrO2/c18-17(13-6-3-1-2-4-7-13)14-8-9-15-16(12-14)20-11-5-10-19-15/h8-9,12-13,17H,1-7,10-11H2. The zero-order valence-corrected chi connectivity index (χ0v) is 13.5. The van der Waals surface area contributed by atoms with Crippen LogP contribution in [0.25, 0.3) is 0 Å². The first-order chi connectivity index (χ1) is 9.84. The van der Waals surface area contributed by atoms with E-state index in [4.69, 9.17) is 9.47 Å². The number of hydrogen-bond acceptors (Lipinski definition) is 2. The number of alkyl halides is 1. The summed E-state index contributed by atoms with van der Waals surface area (Å²) in [5.74, 6) is 2.56. The van der Waals surface area contributed by atoms with Crippen LogP contribution >= 0.6 is 15.9 Å². The minimum absolute atomic E-state index is 0.442. The zero-order valence-electron chi connectivity index (χ0n) is 11.9. The number of ether oxygens (including phenoxy) is 2. The van der Waals surface area contributed by atoms with Crippen molar-refractivity contribution in [2.24, 2.45) is 5.92 Å². The van der Waals surface area contributed by atoms with Gasteiger partial charge in [-0.15, -0.1) is 0 Å². The summed E-state index contributed by atoms with van der Waals surface area (Å²) < 4.78 is 11.5. The second kappa shape index (κ2) is 6.84. The van der Waals surface area contributed by atoms with Crippen molar-refractivity contribution >= 4 is 15.9 Å². The predicted molar refractivity (Wildman–Crippen MR) is 84.9 cm³/mol. The molecule has 1 aliphatic carbocycles. The van der Waals surface area contributed by atoms with E-state index in [1.54, 1.807) is 0 Å². The Hall–Kier alpha value is -0.700. The first kappa shape index (κ1) is 14.2. The number of hydrogen-bond donors (Lipinski definition) is 0. The molecule has 1 aromatic rings. The van der Waals surface area contributed by atoms with E-state index in [0.29, 0.717) is 4.83 Å². The number of fused-ring (bicyclic) bond motifs is 1. The van der Waals surface area contributed by atoms with E-state index >= 15 is 0 Å². The minimum Gasteiger partial charge on any atom is -0.490 e. The smallest absolute Gasteiger partial charge is 0.161 e. The number of rotatable bonds is 2. The molecule has 1 heterocycles. The summed E-state index contributed by atoms with van der Waals surface area (Å²) in [7, 11) is 0. The Morgan fingerprint density at radius 1 is 0.900 bits per heavy atom. The summed E-state index contributed by atoms with van der Waals surface area (Å²) in [6, 6.07) is 6.43. The fraction of sp³-hybridized carbons (Fsp3) is 0.647. The van der Waals surface area contributed by atoms with Crippen LogP contribution in [0.2, 0.25) is 0 Å². The fourth-order valence-corrected chi connectivity index (χ4v) is 4.04. The fourth-order valence-electron chi connectivity index (χ4n) is 3.23. The molecule has 1 aliphatic heterocycles. The Kier molecular flexibility index (Phi) is 4.87. The summed E-state index contributed by atoms with van der Waals surface area (Å²) in [6.45, 7) is 1.51. The molecular weight excluding hydrogens is 316 g/mol. The van der Waals surface area contributed by atoms with Gasteiger partial charge in [0.2, 0.25) is 0 Å². The Labute approximate surface area is 130 Å². The van der Waals surface area contributed by atoms with Gasteiger partial charge in [-0.3, -0.25) is 0 Å². The van der Waals surface area contributed by atoms with Gasteiger partial charge in [0, 0.05) is 11.2 Å². The van der Waals surface area contributed by atoms with Crippen molar-refractivity contribution in [1.82, 2.24) is 0 Å². The van der Waals surface area contributed by atoms with E-state index in [1.165, 1.54) is 44.1 Å². The molecule has 110 valence electrons. The molecule has 1 aromatic carbocycles. The molecule has 1 atom stereocenters. The quantitative estimate of drug-likeness (QED) is 0.541. The molecular formula is C17H23BrO2. The highest BCUT2D eigenvalue weighted by atomic mass is 79.9. The maximum Gasteiger partial charge on any atom is 0.161 e. The third-order valence-corrected chi connectivity index (χ3v) is 5.68. The molecule has 0 N–H and O–H groups in total. The van der Waals surface area contributed by atoms with Gasteiger partial charge in [-0.25, -0.2) is 0 Å². The zero-order chi connectivity index (χ0) is 13.8. The van der Waals surface area contributed by atoms with Gasteiger partial charge in [0.15, 0.2) is 11.5 Å². The maximum atomic E-state index is 5.81. The van der Waals surface area contributed by atoms with Crippen LogP contribution in [0, 0.1) is 5.92 Å². The lowest BCUT2D eigenvalue weighted by molar-refractivity contribution is 0.297. The van der Waals surface area contributed by atoms with Gasteiger partial charge < -0.3 is 9.47 Å². The first-order valence-electron chi connectivity index (χ1n) is 7.88. The molecule has 1 unspecified atom stereocenters. The first-order valence-corrected chi connectivity index (χ1v) is 8.80. The van der Waals surface area contributed by atoms with Gasteiger partial charge in [0.1, 0.15) is 0 Å². The normalized spacial score (nSPS) is 21.9. The van der Waals surface area contributed by atoms with Crippen molar-refractivity contribution in [1.29, 1.82) is 0 Å². The summed E-state index contributed by atoms with van der Waals surface area (Å²) in [5, 5.41) is 0. The van der Waals surface area contributed by atoms with Gasteiger partial charge in [0.05, 0.1) is 13.2 Å². The lowest BCUT2D eigenvalue weighted by Gasteiger charge is -2.22. The summed E-state index contributed by atoms with van der Waals surface area (Å²) in [5.41, 5.74) is 1.33. The number of halogens is 1. The average Bonchev–Trinajstić information content (AvgIpc) is 2.88. The maximum absolute atomic E-state index is 5.81. The average molecular weight is 339 g/mol. The molecule has 3 rings (SSSR count). The van der Waals surface area contributed by atoms with E-state index < -0.39 is 0 Å². The monoisotopic (exact) mass is 338 g/mol. The van der Waals surface area contributed by atoms with Gasteiger partial charge in [-0.2, -0.15) is 0 Å². The van der Waals surface area contributed by atoms with Crippen LogP contribution in [0.1, 0.15) is 55.3 Å². The second-order valence-electron chi connectivity index (χ2n) is 5.91. The lowest BCUT2D eigenvalue weighted by Crippen LogP contribution is -2.07. The SMILES string of the molecule is BrC(c1ccc2c(c1)OCCCO2)C1CCCCCC1. The molecule has 0 amide bonds. The molecule has 0 aromatic heterocycles. The van der Waals surface area contributed by atoms with E-state index in [2.05, 4.69) is 34.1 Å². The third-order valence-electron chi connectivity index (χ3n) is 4.40. The van der Waals surface area contributed by atoms with E-state index in [1.807, 2.05) is 0 Å². The largest absolute Gasteiger partial charge is 0.490 e. The van der Waals surface area contributed by atoms with Crippen molar-refractivity contribution in [3.63, 3.8) is 0 Å². The topological polar surface area (TPSA) is 18.5 Å². The Morgan fingerprint density at radius 3 is 2.35 bits per heavy atom. The second-order valence-corrected chi connectivity index (χ2v) is 6.90. The summed E-state index contributed by atoms with van der Waals surface area (Å²) in [4.78, 5) is 0.442. The summed E-state index contributed by atoms with van der Waals surface area (Å²) >= 11 is 3.93. The van der Waals surface area contributed by atoms with Crippen molar-refractivity contribution in [2.75, 3.05) is 13.2 Å². The Balaban J connectivity index is 1.77. The van der Waals surface area contributed by atoms with Crippen LogP contribution in [0.5, 0.6) is 11.5 Å². The van der Waals surface area contributed by atoms with Crippen LogP contribution in [0.4, 0.5) is 0 Å². The number of benzene rings is 1. The van der Waals surface area contributed by atoms with Gasteiger partial charge >= 0.3 is 0 Å². The van der Waals surface area contributed by atoms with Crippen molar-refractivity contribution in [2.45, 2.75) is 49.8 Å². The van der Waals surface area contributed by atoms with Crippen molar-refractivity contribution in [3.05, 3.63) is 23.8 Å². The van der Waals surface area contributed by atoms with Crippen LogP contribution in [-0.4, -0.2) is 13.2 Å². The molecule has 0 spiro atoms. The van der Waals surface area contributed by atoms with Crippen molar-refractivity contribution in [3.8, 4) is 11.5 Å². The summed E-state index contributed by atoms with van der Waals surface area (Å²) in [6.07, 6.45) is 9.18. The van der Waals surface area contributed by atoms with Gasteiger partial charge in [-0.1, -0.05) is 47.7 Å². The Bertz CT molecular complexity index is 439. The van der Waals surface area contributed by atoms with E-state index in [-0.39, 0.29) is 0 Å². The van der Waals surface area contributed by atoms with Gasteiger partial charge in [0.25, 0.3) is 0 Å². The molecule has 2 aliphatic rings.